The first-order chi connectivity index (χ1) is 33.3. The molecular formula is C52H52N4O12. The summed E-state index contributed by atoms with van der Waals surface area (Å²) in [4.78, 5) is 52.3. The molecule has 0 fully saturated rings. The molecule has 4 heterocycles. The van der Waals surface area contributed by atoms with E-state index in [2.05, 4.69) is 4.74 Å². The number of para-hydroxylation sites is 2. The fourth-order valence-electron chi connectivity index (χ4n) is 8.70. The number of nitrogens with zero attached hydrogens (tertiary/aromatic N) is 4. The Kier molecular flexibility index (Phi) is 14.3. The predicted molar refractivity (Wildman–Crippen MR) is 253 cm³/mol. The van der Waals surface area contributed by atoms with Gasteiger partial charge in [0.05, 0.1) is 102 Å². The van der Waals surface area contributed by atoms with Gasteiger partial charge in [0, 0.05) is 48.8 Å². The molecule has 5 aromatic rings. The van der Waals surface area contributed by atoms with Crippen LogP contribution in [0.15, 0.2) is 101 Å². The summed E-state index contributed by atoms with van der Waals surface area (Å²) in [5, 5.41) is 0. The number of aliphatic imine (C=N–C) groups is 2. The molecule has 9 rings (SSSR count). The number of ether oxygens (including phenoxy) is 9. The number of methoxy groups -OCH3 is 3. The van der Waals surface area contributed by atoms with Gasteiger partial charge < -0.3 is 42.6 Å². The van der Waals surface area contributed by atoms with E-state index in [9.17, 15) is 14.4 Å². The van der Waals surface area contributed by atoms with Crippen molar-refractivity contribution in [2.75, 3.05) is 77.4 Å². The summed E-state index contributed by atoms with van der Waals surface area (Å²) in [5.74, 6) is 1.54. The third-order valence-electron chi connectivity index (χ3n) is 12.0. The van der Waals surface area contributed by atoms with Crippen molar-refractivity contribution in [3.05, 3.63) is 124 Å². The fraction of sp³-hybridized carbons (Fsp3) is 0.327. The topological polar surface area (TPSA) is 165 Å². The molecule has 16 heteroatoms. The van der Waals surface area contributed by atoms with E-state index in [1.807, 2.05) is 79.2 Å². The molecule has 0 N–H and O–H groups in total. The van der Waals surface area contributed by atoms with Crippen LogP contribution in [0.2, 0.25) is 0 Å². The van der Waals surface area contributed by atoms with Crippen molar-refractivity contribution in [3.8, 4) is 28.7 Å². The van der Waals surface area contributed by atoms with E-state index in [0.717, 1.165) is 33.6 Å². The van der Waals surface area contributed by atoms with E-state index in [1.54, 1.807) is 34.1 Å². The van der Waals surface area contributed by atoms with Crippen LogP contribution in [0.25, 0.3) is 0 Å². The Hall–Kier alpha value is -7.27. The van der Waals surface area contributed by atoms with Gasteiger partial charge in [0.1, 0.15) is 25.6 Å². The van der Waals surface area contributed by atoms with Crippen molar-refractivity contribution in [2.45, 2.75) is 44.6 Å². The normalized spacial score (nSPS) is 16.2. The van der Waals surface area contributed by atoms with Crippen LogP contribution in [0.3, 0.4) is 0 Å². The molecule has 0 bridgehead atoms. The molecule has 4 aliphatic rings. The van der Waals surface area contributed by atoms with Crippen molar-refractivity contribution in [1.29, 1.82) is 0 Å². The van der Waals surface area contributed by atoms with Gasteiger partial charge in [-0.15, -0.1) is 0 Å². The highest BCUT2D eigenvalue weighted by Crippen LogP contribution is 2.43. The molecule has 0 radical (unpaired) electrons. The van der Waals surface area contributed by atoms with Crippen LogP contribution < -0.4 is 33.5 Å². The zero-order chi connectivity index (χ0) is 47.0. The van der Waals surface area contributed by atoms with Crippen LogP contribution in [0.4, 0.5) is 22.7 Å². The number of esters is 1. The van der Waals surface area contributed by atoms with Gasteiger partial charge in [0.2, 0.25) is 0 Å². The molecule has 0 spiro atoms. The molecule has 2 amide bonds. The minimum atomic E-state index is -0.320. The smallest absolute Gasteiger partial charge is 0.307 e. The number of amides is 2. The number of anilines is 2. The van der Waals surface area contributed by atoms with Gasteiger partial charge in [-0.1, -0.05) is 36.4 Å². The second-order valence-corrected chi connectivity index (χ2v) is 16.3. The average molecular weight is 925 g/mol. The van der Waals surface area contributed by atoms with Gasteiger partial charge in [-0.05, 0) is 64.7 Å². The quantitative estimate of drug-likeness (QED) is 0.0529. The minimum absolute atomic E-state index is 0.110. The van der Waals surface area contributed by atoms with E-state index in [0.29, 0.717) is 97.1 Å². The third-order valence-corrected chi connectivity index (χ3v) is 12.0. The second kappa shape index (κ2) is 21.1. The Labute approximate surface area is 393 Å². The van der Waals surface area contributed by atoms with Crippen LogP contribution in [0, 0.1) is 0 Å². The largest absolute Gasteiger partial charge is 0.493 e. The molecule has 68 heavy (non-hydrogen) atoms. The lowest BCUT2D eigenvalue weighted by Gasteiger charge is -2.22. The van der Waals surface area contributed by atoms with Crippen LogP contribution in [0.1, 0.15) is 49.4 Å². The Bertz CT molecular complexity index is 2580. The molecule has 0 saturated heterocycles. The highest BCUT2D eigenvalue weighted by molar-refractivity contribution is 6.15. The lowest BCUT2D eigenvalue weighted by atomic mass is 10.1. The Morgan fingerprint density at radius 1 is 0.559 bits per heavy atom. The molecular weight excluding hydrogens is 873 g/mol. The predicted octanol–water partition coefficient (Wildman–Crippen LogP) is 7.43. The van der Waals surface area contributed by atoms with Gasteiger partial charge in [0.25, 0.3) is 11.8 Å². The lowest BCUT2D eigenvalue weighted by Crippen LogP contribution is -2.37. The monoisotopic (exact) mass is 924 g/mol. The maximum absolute atomic E-state index is 14.0. The zero-order valence-electron chi connectivity index (χ0n) is 38.1. The van der Waals surface area contributed by atoms with Crippen molar-refractivity contribution in [3.63, 3.8) is 0 Å². The molecule has 352 valence electrons. The first-order valence-corrected chi connectivity index (χ1v) is 22.5. The van der Waals surface area contributed by atoms with Gasteiger partial charge in [-0.2, -0.15) is 0 Å². The Balaban J connectivity index is 0.887. The van der Waals surface area contributed by atoms with Crippen molar-refractivity contribution >= 4 is 53.0 Å². The number of rotatable bonds is 21. The molecule has 2 atom stereocenters. The van der Waals surface area contributed by atoms with Crippen LogP contribution in [-0.4, -0.2) is 110 Å². The first-order valence-electron chi connectivity index (χ1n) is 22.5. The third kappa shape index (κ3) is 10.0. The summed E-state index contributed by atoms with van der Waals surface area (Å²) in [6.45, 7) is 2.49. The first kappa shape index (κ1) is 45.9. The Morgan fingerprint density at radius 3 is 1.51 bits per heavy atom. The van der Waals surface area contributed by atoms with E-state index in [4.69, 9.17) is 47.9 Å². The maximum Gasteiger partial charge on any atom is 0.307 e. The SMILES string of the molecule is COC(=O)CCOCCOCCOCCOc1cc(COc2cc3c(cc2OC)C(=O)N2c4ccccc4C[C@H]2C=N3)cc(COc2cc3c(cc2OC)C(=O)N2c4ccccc4C[C@H]2C=N3)c1. The summed E-state index contributed by atoms with van der Waals surface area (Å²) in [7, 11) is 4.42. The average Bonchev–Trinajstić information content (AvgIpc) is 3.86. The number of benzene rings is 5. The molecule has 4 aliphatic heterocycles. The highest BCUT2D eigenvalue weighted by atomic mass is 16.6. The number of carbonyl (C=O) groups excluding carboxylic acids is 3. The Morgan fingerprint density at radius 2 is 1.03 bits per heavy atom. The van der Waals surface area contributed by atoms with Gasteiger partial charge in [-0.25, -0.2) is 0 Å². The van der Waals surface area contributed by atoms with E-state index >= 15 is 0 Å². The second-order valence-electron chi connectivity index (χ2n) is 16.3. The number of hydrogen-bond acceptors (Lipinski definition) is 14. The number of hydrogen-bond donors (Lipinski definition) is 0. The van der Waals surface area contributed by atoms with Gasteiger partial charge in [0.15, 0.2) is 23.0 Å². The van der Waals surface area contributed by atoms with E-state index in [1.165, 1.54) is 21.3 Å². The fourth-order valence-corrected chi connectivity index (χ4v) is 8.70. The number of fused-ring (bicyclic) bond motifs is 8. The summed E-state index contributed by atoms with van der Waals surface area (Å²) in [5.41, 5.74) is 7.32. The van der Waals surface area contributed by atoms with E-state index < -0.39 is 0 Å². The lowest BCUT2D eigenvalue weighted by molar-refractivity contribution is -0.141. The summed E-state index contributed by atoms with van der Waals surface area (Å²) >= 11 is 0. The molecule has 0 saturated carbocycles. The maximum atomic E-state index is 14.0. The van der Waals surface area contributed by atoms with Crippen molar-refractivity contribution in [2.24, 2.45) is 9.98 Å². The summed E-state index contributed by atoms with van der Waals surface area (Å²) in [6, 6.07) is 28.0. The van der Waals surface area contributed by atoms with Crippen LogP contribution in [-0.2, 0) is 49.8 Å². The number of carbonyl (C=O) groups is 3. The highest BCUT2D eigenvalue weighted by Gasteiger charge is 2.38. The molecule has 0 unspecified atom stereocenters. The van der Waals surface area contributed by atoms with Gasteiger partial charge in [-0.3, -0.25) is 34.2 Å². The molecule has 0 aliphatic carbocycles. The van der Waals surface area contributed by atoms with E-state index in [-0.39, 0.29) is 62.7 Å². The molecule has 0 aromatic heterocycles. The van der Waals surface area contributed by atoms with Crippen LogP contribution >= 0.6 is 0 Å². The minimum Gasteiger partial charge on any atom is -0.493 e. The zero-order valence-corrected chi connectivity index (χ0v) is 38.1. The van der Waals surface area contributed by atoms with Crippen molar-refractivity contribution < 1.29 is 57.0 Å². The van der Waals surface area contributed by atoms with Gasteiger partial charge >= 0.3 is 5.97 Å². The molecule has 16 nitrogen and oxygen atoms in total. The summed E-state index contributed by atoms with van der Waals surface area (Å²) < 4.78 is 51.9. The summed E-state index contributed by atoms with van der Waals surface area (Å²) in [6.07, 6.45) is 5.21. The van der Waals surface area contributed by atoms with Crippen molar-refractivity contribution in [1.82, 2.24) is 0 Å². The molecule has 5 aromatic carbocycles. The standard InChI is InChI=1S/C52H52N4O12/c1-60-46-25-40-42(53-29-37-23-35-8-4-6-10-44(35)55(37)51(40)58)27-48(46)67-31-33-20-34(22-39(21-33)66-19-18-65-17-16-64-15-14-63-13-12-50(57)62-3)32-68-49-28-43-41(26-47(49)61-2)52(59)56-38(30-54-43)24-36-9-5-7-11-45(36)56/h4-11,20-22,25-30,37-38H,12-19,23-24,31-32H2,1-3H3/t37-,38-/m0/s1. The van der Waals surface area contributed by atoms with Crippen LogP contribution in [0.5, 0.6) is 28.7 Å².